The third-order valence-corrected chi connectivity index (χ3v) is 2.91. The van der Waals surface area contributed by atoms with Crippen molar-refractivity contribution in [1.82, 2.24) is 5.32 Å². The minimum atomic E-state index is 0.566. The second-order valence-corrected chi connectivity index (χ2v) is 4.72. The molecule has 3 nitrogen and oxygen atoms in total. The molecule has 0 aliphatic heterocycles. The minimum Gasteiger partial charge on any atom is -0.493 e. The van der Waals surface area contributed by atoms with Gasteiger partial charge in [0.15, 0.2) is 11.5 Å². The van der Waals surface area contributed by atoms with Gasteiger partial charge in [0.1, 0.15) is 0 Å². The molecule has 0 saturated heterocycles. The molecule has 0 spiro atoms. The highest BCUT2D eigenvalue weighted by atomic mass is 16.5. The number of ether oxygens (including phenoxy) is 2. The van der Waals surface area contributed by atoms with Crippen molar-refractivity contribution in [2.45, 2.75) is 39.2 Å². The molecule has 102 valence electrons. The summed E-state index contributed by atoms with van der Waals surface area (Å²) in [5.74, 6) is 1.69. The molecule has 0 atom stereocenters. The molecule has 0 unspecified atom stereocenters. The van der Waals surface area contributed by atoms with Crippen LogP contribution >= 0.6 is 0 Å². The fourth-order valence-corrected chi connectivity index (χ4v) is 1.98. The van der Waals surface area contributed by atoms with Gasteiger partial charge in [0.25, 0.3) is 0 Å². The van der Waals surface area contributed by atoms with Gasteiger partial charge in [-0.3, -0.25) is 0 Å². The van der Waals surface area contributed by atoms with E-state index in [4.69, 9.17) is 9.47 Å². The summed E-state index contributed by atoms with van der Waals surface area (Å²) >= 11 is 0. The molecule has 0 aliphatic rings. The quantitative estimate of drug-likeness (QED) is 0.720. The highest BCUT2D eigenvalue weighted by Crippen LogP contribution is 2.31. The van der Waals surface area contributed by atoms with Crippen LogP contribution in [0.15, 0.2) is 18.2 Å². The lowest BCUT2D eigenvalue weighted by molar-refractivity contribution is 0.351. The first kappa shape index (κ1) is 14.8. The molecule has 0 amide bonds. The number of rotatable bonds is 8. The Labute approximate surface area is 110 Å². The zero-order chi connectivity index (χ0) is 13.4. The van der Waals surface area contributed by atoms with E-state index >= 15 is 0 Å². The Bertz CT molecular complexity index is 350. The monoisotopic (exact) mass is 251 g/mol. The van der Waals surface area contributed by atoms with E-state index < -0.39 is 0 Å². The summed E-state index contributed by atoms with van der Waals surface area (Å²) in [4.78, 5) is 0. The maximum Gasteiger partial charge on any atom is 0.163 e. The zero-order valence-electron chi connectivity index (χ0n) is 12.0. The summed E-state index contributed by atoms with van der Waals surface area (Å²) in [6.45, 7) is 5.42. The van der Waals surface area contributed by atoms with E-state index in [1.165, 1.54) is 12.0 Å². The molecular weight excluding hydrogens is 226 g/mol. The number of para-hydroxylation sites is 1. The molecule has 18 heavy (non-hydrogen) atoms. The highest BCUT2D eigenvalue weighted by Gasteiger charge is 2.08. The number of nitrogens with one attached hydrogen (secondary N) is 1. The second kappa shape index (κ2) is 7.98. The summed E-state index contributed by atoms with van der Waals surface area (Å²) in [5, 5.41) is 3.43. The number of unbranched alkanes of at least 4 members (excludes halogenated alkanes) is 1. The number of methoxy groups -OCH3 is 2. The summed E-state index contributed by atoms with van der Waals surface area (Å²) in [6.07, 6.45) is 3.36. The predicted octanol–water partition coefficient (Wildman–Crippen LogP) is 3.02. The lowest BCUT2D eigenvalue weighted by Gasteiger charge is -2.12. The van der Waals surface area contributed by atoms with Gasteiger partial charge in [-0.15, -0.1) is 0 Å². The van der Waals surface area contributed by atoms with Crippen molar-refractivity contribution in [3.8, 4) is 11.5 Å². The van der Waals surface area contributed by atoms with Crippen LogP contribution in [0.4, 0.5) is 0 Å². The minimum absolute atomic E-state index is 0.566. The van der Waals surface area contributed by atoms with Crippen molar-refractivity contribution in [1.29, 1.82) is 0 Å². The van der Waals surface area contributed by atoms with Gasteiger partial charge in [0.05, 0.1) is 14.2 Å². The van der Waals surface area contributed by atoms with E-state index in [-0.39, 0.29) is 0 Å². The molecule has 0 heterocycles. The third-order valence-electron chi connectivity index (χ3n) is 2.91. The van der Waals surface area contributed by atoms with Crippen LogP contribution < -0.4 is 14.8 Å². The Balaban J connectivity index is 2.46. The molecule has 1 aromatic carbocycles. The van der Waals surface area contributed by atoms with Crippen molar-refractivity contribution >= 4 is 0 Å². The second-order valence-electron chi connectivity index (χ2n) is 4.72. The average molecular weight is 251 g/mol. The van der Waals surface area contributed by atoms with Crippen LogP contribution in [0.1, 0.15) is 32.3 Å². The van der Waals surface area contributed by atoms with Crippen LogP contribution in [0.5, 0.6) is 11.5 Å². The van der Waals surface area contributed by atoms with Crippen molar-refractivity contribution in [3.05, 3.63) is 23.8 Å². The summed E-state index contributed by atoms with van der Waals surface area (Å²) in [6, 6.07) is 6.62. The molecule has 1 rings (SSSR count). The Kier molecular flexibility index (Phi) is 6.58. The van der Waals surface area contributed by atoms with E-state index in [0.717, 1.165) is 30.9 Å². The van der Waals surface area contributed by atoms with Gasteiger partial charge in [-0.2, -0.15) is 0 Å². The van der Waals surface area contributed by atoms with E-state index in [2.05, 4.69) is 25.2 Å². The average Bonchev–Trinajstić information content (AvgIpc) is 2.37. The van der Waals surface area contributed by atoms with Crippen LogP contribution in [-0.4, -0.2) is 26.8 Å². The summed E-state index contributed by atoms with van der Waals surface area (Å²) < 4.78 is 10.7. The van der Waals surface area contributed by atoms with Gasteiger partial charge < -0.3 is 14.8 Å². The Morgan fingerprint density at radius 3 is 2.50 bits per heavy atom. The van der Waals surface area contributed by atoms with Crippen molar-refractivity contribution in [3.63, 3.8) is 0 Å². The molecule has 0 radical (unpaired) electrons. The SMILES string of the molecule is COc1cccc(CCCCNC(C)C)c1OC. The molecule has 0 saturated carbocycles. The molecule has 0 fully saturated rings. The molecule has 0 aromatic heterocycles. The molecule has 3 heteroatoms. The van der Waals surface area contributed by atoms with Crippen molar-refractivity contribution in [2.75, 3.05) is 20.8 Å². The first-order chi connectivity index (χ1) is 8.69. The van der Waals surface area contributed by atoms with Crippen LogP contribution in [0.3, 0.4) is 0 Å². The van der Waals surface area contributed by atoms with Crippen LogP contribution in [0, 0.1) is 0 Å². The Hall–Kier alpha value is -1.22. The molecule has 1 aromatic rings. The van der Waals surface area contributed by atoms with Crippen molar-refractivity contribution in [2.24, 2.45) is 0 Å². The summed E-state index contributed by atoms with van der Waals surface area (Å²) in [7, 11) is 3.37. The fraction of sp³-hybridized carbons (Fsp3) is 0.600. The smallest absolute Gasteiger partial charge is 0.163 e. The van der Waals surface area contributed by atoms with Crippen LogP contribution in [-0.2, 0) is 6.42 Å². The maximum absolute atomic E-state index is 5.42. The van der Waals surface area contributed by atoms with Crippen molar-refractivity contribution < 1.29 is 9.47 Å². The van der Waals surface area contributed by atoms with Crippen LogP contribution in [0.2, 0.25) is 0 Å². The first-order valence-corrected chi connectivity index (χ1v) is 6.62. The normalized spacial score (nSPS) is 10.7. The predicted molar refractivity (Wildman–Crippen MR) is 75.6 cm³/mol. The van der Waals surface area contributed by atoms with Gasteiger partial charge in [-0.05, 0) is 37.4 Å². The lowest BCUT2D eigenvalue weighted by Crippen LogP contribution is -2.23. The first-order valence-electron chi connectivity index (χ1n) is 6.62. The van der Waals surface area contributed by atoms with E-state index in [1.54, 1.807) is 14.2 Å². The number of benzene rings is 1. The Morgan fingerprint density at radius 2 is 1.89 bits per heavy atom. The highest BCUT2D eigenvalue weighted by molar-refractivity contribution is 5.46. The number of hydrogen-bond acceptors (Lipinski definition) is 3. The topological polar surface area (TPSA) is 30.5 Å². The van der Waals surface area contributed by atoms with Gasteiger partial charge in [0, 0.05) is 6.04 Å². The largest absolute Gasteiger partial charge is 0.493 e. The maximum atomic E-state index is 5.42. The van der Waals surface area contributed by atoms with Crippen LogP contribution in [0.25, 0.3) is 0 Å². The zero-order valence-corrected chi connectivity index (χ0v) is 12.0. The van der Waals surface area contributed by atoms with E-state index in [9.17, 15) is 0 Å². The number of aryl methyl sites for hydroxylation is 1. The van der Waals surface area contributed by atoms with E-state index in [1.807, 2.05) is 12.1 Å². The third kappa shape index (κ3) is 4.57. The molecule has 0 aliphatic carbocycles. The molecular formula is C15H25NO2. The standard InChI is InChI=1S/C15H25NO2/c1-12(2)16-11-6-5-8-13-9-7-10-14(17-3)15(13)18-4/h7,9-10,12,16H,5-6,8,11H2,1-4H3. The van der Waals surface area contributed by atoms with Gasteiger partial charge in [0.2, 0.25) is 0 Å². The fourth-order valence-electron chi connectivity index (χ4n) is 1.98. The Morgan fingerprint density at radius 1 is 1.11 bits per heavy atom. The molecule has 1 N–H and O–H groups in total. The number of hydrogen-bond donors (Lipinski definition) is 1. The van der Waals surface area contributed by atoms with Gasteiger partial charge in [-0.25, -0.2) is 0 Å². The van der Waals surface area contributed by atoms with E-state index in [0.29, 0.717) is 6.04 Å². The molecule has 0 bridgehead atoms. The van der Waals surface area contributed by atoms with Gasteiger partial charge in [-0.1, -0.05) is 26.0 Å². The van der Waals surface area contributed by atoms with Gasteiger partial charge >= 0.3 is 0 Å². The lowest BCUT2D eigenvalue weighted by atomic mass is 10.1. The summed E-state index contributed by atoms with van der Waals surface area (Å²) in [5.41, 5.74) is 1.22.